The number of piperidine rings is 1. The molecule has 1 aliphatic heterocycles. The topological polar surface area (TPSA) is 15.3 Å². The molecule has 0 saturated carbocycles. The molecule has 1 fully saturated rings. The summed E-state index contributed by atoms with van der Waals surface area (Å²) in [5, 5.41) is 2.95. The maximum Gasteiger partial charge on any atom is 0.250 e. The van der Waals surface area contributed by atoms with Crippen LogP contribution in [0.3, 0.4) is 0 Å². The highest BCUT2D eigenvalue weighted by atomic mass is 19.3. The highest BCUT2D eigenvalue weighted by Gasteiger charge is 2.24. The Bertz CT molecular complexity index is 176. The van der Waals surface area contributed by atoms with Crippen molar-refractivity contribution in [3.63, 3.8) is 0 Å². The van der Waals surface area contributed by atoms with E-state index in [1.165, 1.54) is 12.8 Å². The molecule has 15 heavy (non-hydrogen) atoms. The number of nitrogens with one attached hydrogen (secondary N) is 1. The van der Waals surface area contributed by atoms with Gasteiger partial charge in [-0.15, -0.1) is 0 Å². The second-order valence-electron chi connectivity index (χ2n) is 4.61. The molecule has 2 nitrogen and oxygen atoms in total. The first-order valence-corrected chi connectivity index (χ1v) is 5.81. The summed E-state index contributed by atoms with van der Waals surface area (Å²) in [5.74, 6) is 0.670. The third-order valence-corrected chi connectivity index (χ3v) is 2.98. The molecule has 0 aromatic carbocycles. The monoisotopic (exact) mass is 220 g/mol. The maximum absolute atomic E-state index is 12.1. The Morgan fingerprint density at radius 1 is 1.40 bits per heavy atom. The van der Waals surface area contributed by atoms with Crippen molar-refractivity contribution in [2.75, 3.05) is 26.7 Å². The van der Waals surface area contributed by atoms with E-state index in [1.807, 2.05) is 0 Å². The van der Waals surface area contributed by atoms with Crippen LogP contribution in [0.15, 0.2) is 0 Å². The van der Waals surface area contributed by atoms with Crippen LogP contribution in [-0.2, 0) is 0 Å². The van der Waals surface area contributed by atoms with Crippen LogP contribution in [0.4, 0.5) is 8.78 Å². The molecule has 90 valence electrons. The van der Waals surface area contributed by atoms with Gasteiger partial charge in [-0.05, 0) is 25.8 Å². The summed E-state index contributed by atoms with van der Waals surface area (Å²) in [6.45, 7) is 4.02. The molecule has 0 spiro atoms. The molecule has 0 bridgehead atoms. The molecular formula is C11H22F2N2. The summed E-state index contributed by atoms with van der Waals surface area (Å²) >= 11 is 0. The van der Waals surface area contributed by atoms with Crippen molar-refractivity contribution < 1.29 is 8.78 Å². The lowest BCUT2D eigenvalue weighted by atomic mass is 9.91. The van der Waals surface area contributed by atoms with Crippen molar-refractivity contribution in [3.05, 3.63) is 0 Å². The van der Waals surface area contributed by atoms with Crippen LogP contribution in [0, 0.1) is 5.92 Å². The second-order valence-corrected chi connectivity index (χ2v) is 4.61. The summed E-state index contributed by atoms with van der Waals surface area (Å²) in [6, 6.07) is 0.245. The van der Waals surface area contributed by atoms with Gasteiger partial charge in [0.2, 0.25) is 0 Å². The number of hydrogen-bond acceptors (Lipinski definition) is 2. The molecule has 1 saturated heterocycles. The predicted molar refractivity (Wildman–Crippen MR) is 58.3 cm³/mol. The van der Waals surface area contributed by atoms with E-state index < -0.39 is 6.43 Å². The summed E-state index contributed by atoms with van der Waals surface area (Å²) in [5.41, 5.74) is 0. The van der Waals surface area contributed by atoms with Crippen LogP contribution in [0.5, 0.6) is 0 Å². The molecule has 0 amide bonds. The highest BCUT2D eigenvalue weighted by Crippen LogP contribution is 2.20. The van der Waals surface area contributed by atoms with Crippen LogP contribution in [0.2, 0.25) is 0 Å². The molecule has 2 atom stereocenters. The molecule has 0 aromatic rings. The summed E-state index contributed by atoms with van der Waals surface area (Å²) in [7, 11) is 2.07. The van der Waals surface area contributed by atoms with Crippen LogP contribution >= 0.6 is 0 Å². The lowest BCUT2D eigenvalue weighted by Gasteiger charge is -2.36. The molecular weight excluding hydrogens is 198 g/mol. The summed E-state index contributed by atoms with van der Waals surface area (Å²) in [4.78, 5) is 2.24. The molecule has 1 heterocycles. The number of rotatable bonds is 5. The highest BCUT2D eigenvalue weighted by molar-refractivity contribution is 4.81. The first-order valence-electron chi connectivity index (χ1n) is 5.81. The fraction of sp³-hybridized carbons (Fsp3) is 1.00. The van der Waals surface area contributed by atoms with Crippen molar-refractivity contribution >= 4 is 0 Å². The van der Waals surface area contributed by atoms with Gasteiger partial charge in [0.25, 0.3) is 6.43 Å². The van der Waals surface area contributed by atoms with Crippen molar-refractivity contribution in [3.8, 4) is 0 Å². The van der Waals surface area contributed by atoms with Gasteiger partial charge in [0, 0.05) is 19.1 Å². The van der Waals surface area contributed by atoms with Crippen molar-refractivity contribution in [1.82, 2.24) is 10.2 Å². The van der Waals surface area contributed by atoms with Gasteiger partial charge >= 0.3 is 0 Å². The maximum atomic E-state index is 12.1. The van der Waals surface area contributed by atoms with Crippen LogP contribution in [0.25, 0.3) is 0 Å². The van der Waals surface area contributed by atoms with Gasteiger partial charge in [-0.3, -0.25) is 0 Å². The lowest BCUT2D eigenvalue weighted by Crippen LogP contribution is -2.48. The first kappa shape index (κ1) is 12.8. The third-order valence-electron chi connectivity index (χ3n) is 2.98. The Labute approximate surface area is 91.0 Å². The zero-order valence-corrected chi connectivity index (χ0v) is 9.68. The minimum absolute atomic E-state index is 0.169. The largest absolute Gasteiger partial charge is 0.307 e. The van der Waals surface area contributed by atoms with E-state index >= 15 is 0 Å². The van der Waals surface area contributed by atoms with E-state index in [9.17, 15) is 8.78 Å². The minimum atomic E-state index is -2.23. The van der Waals surface area contributed by atoms with Gasteiger partial charge in [-0.2, -0.15) is 0 Å². The molecule has 1 rings (SSSR count). The van der Waals surface area contributed by atoms with E-state index in [4.69, 9.17) is 0 Å². The van der Waals surface area contributed by atoms with Crippen LogP contribution in [-0.4, -0.2) is 44.0 Å². The Hall–Kier alpha value is -0.220. The fourth-order valence-corrected chi connectivity index (χ4v) is 2.46. The standard InChI is InChI=1S/C11H22F2N2/c1-3-4-9-5-10(8-15(2)7-9)14-6-11(12)13/h9-11,14H,3-8H2,1-2H3. The van der Waals surface area contributed by atoms with Gasteiger partial charge in [-0.25, -0.2) is 8.78 Å². The summed E-state index contributed by atoms with van der Waals surface area (Å²) in [6.07, 6.45) is 1.20. The van der Waals surface area contributed by atoms with Crippen molar-refractivity contribution in [1.29, 1.82) is 0 Å². The second kappa shape index (κ2) is 6.38. The molecule has 4 heteroatoms. The van der Waals surface area contributed by atoms with Gasteiger partial charge in [0.05, 0.1) is 6.54 Å². The predicted octanol–water partition coefficient (Wildman–Crippen LogP) is 1.96. The lowest BCUT2D eigenvalue weighted by molar-refractivity contribution is 0.117. The zero-order chi connectivity index (χ0) is 11.3. The Balaban J connectivity index is 2.31. The van der Waals surface area contributed by atoms with Gasteiger partial charge in [0.1, 0.15) is 0 Å². The molecule has 2 unspecified atom stereocenters. The van der Waals surface area contributed by atoms with E-state index in [-0.39, 0.29) is 12.6 Å². The molecule has 0 aromatic heterocycles. The molecule has 1 N–H and O–H groups in total. The van der Waals surface area contributed by atoms with Crippen molar-refractivity contribution in [2.45, 2.75) is 38.7 Å². The number of hydrogen-bond donors (Lipinski definition) is 1. The first-order chi connectivity index (χ1) is 7.11. The Kier molecular flexibility index (Phi) is 5.47. The molecule has 0 aliphatic carbocycles. The van der Waals surface area contributed by atoms with Crippen LogP contribution < -0.4 is 5.32 Å². The quantitative estimate of drug-likeness (QED) is 0.762. The van der Waals surface area contributed by atoms with E-state index in [0.717, 1.165) is 19.5 Å². The van der Waals surface area contributed by atoms with Gasteiger partial charge < -0.3 is 10.2 Å². The molecule has 0 radical (unpaired) electrons. The molecule has 1 aliphatic rings. The number of alkyl halides is 2. The van der Waals surface area contributed by atoms with E-state index in [1.54, 1.807) is 0 Å². The average molecular weight is 220 g/mol. The Morgan fingerprint density at radius 2 is 2.13 bits per heavy atom. The normalized spacial score (nSPS) is 28.6. The Morgan fingerprint density at radius 3 is 2.73 bits per heavy atom. The zero-order valence-electron chi connectivity index (χ0n) is 9.68. The number of nitrogens with zero attached hydrogens (tertiary/aromatic N) is 1. The van der Waals surface area contributed by atoms with Crippen molar-refractivity contribution in [2.24, 2.45) is 5.92 Å². The third kappa shape index (κ3) is 4.89. The van der Waals surface area contributed by atoms with E-state index in [2.05, 4.69) is 24.2 Å². The number of likely N-dealkylation sites (tertiary alicyclic amines) is 1. The smallest absolute Gasteiger partial charge is 0.250 e. The summed E-state index contributed by atoms with van der Waals surface area (Å²) < 4.78 is 24.1. The van der Waals surface area contributed by atoms with Crippen LogP contribution in [0.1, 0.15) is 26.2 Å². The average Bonchev–Trinajstić information content (AvgIpc) is 2.14. The minimum Gasteiger partial charge on any atom is -0.307 e. The fourth-order valence-electron chi connectivity index (χ4n) is 2.46. The number of halogens is 2. The van der Waals surface area contributed by atoms with Gasteiger partial charge in [-0.1, -0.05) is 13.3 Å². The SMILES string of the molecule is CCCC1CC(NCC(F)F)CN(C)C1. The number of likely N-dealkylation sites (N-methyl/N-ethyl adjacent to an activating group) is 1. The van der Waals surface area contributed by atoms with Gasteiger partial charge in [0.15, 0.2) is 0 Å². The van der Waals surface area contributed by atoms with E-state index in [0.29, 0.717) is 5.92 Å².